The van der Waals surface area contributed by atoms with E-state index in [2.05, 4.69) is 26.5 Å². The van der Waals surface area contributed by atoms with E-state index >= 15 is 0 Å². The summed E-state index contributed by atoms with van der Waals surface area (Å²) in [4.78, 5) is 12.8. The second kappa shape index (κ2) is 10.6. The normalized spacial score (nSPS) is 11.7. The second-order valence-electron chi connectivity index (χ2n) is 7.27. The lowest BCUT2D eigenvalue weighted by Gasteiger charge is -2.24. The molecular weight excluding hydrogens is 506 g/mol. The molecule has 0 atom stereocenters. The van der Waals surface area contributed by atoms with Crippen LogP contribution >= 0.6 is 15.9 Å². The zero-order chi connectivity index (χ0) is 24.0. The van der Waals surface area contributed by atoms with Crippen LogP contribution in [0.1, 0.15) is 18.1 Å². The topological polar surface area (TPSA) is 88.1 Å². The van der Waals surface area contributed by atoms with E-state index in [0.717, 1.165) is 19.9 Å². The molecule has 33 heavy (non-hydrogen) atoms. The number of rotatable bonds is 8. The van der Waals surface area contributed by atoms with Crippen LogP contribution in [-0.2, 0) is 14.8 Å². The van der Waals surface area contributed by atoms with Gasteiger partial charge in [0, 0.05) is 4.47 Å². The van der Waals surface area contributed by atoms with Crippen molar-refractivity contribution in [3.8, 4) is 5.75 Å². The SMILES string of the molecule is COc1ccc(N(CC(=O)N/N=C(/C)c2cccc(Br)c2)S(=O)(=O)c2ccc(C)cc2)cc1. The molecular formula is C24H24BrN3O4S. The summed E-state index contributed by atoms with van der Waals surface area (Å²) in [5.74, 6) is 0.000911. The van der Waals surface area contributed by atoms with E-state index < -0.39 is 22.5 Å². The Hall–Kier alpha value is -3.17. The maximum atomic E-state index is 13.4. The molecule has 0 aliphatic rings. The largest absolute Gasteiger partial charge is 0.497 e. The van der Waals surface area contributed by atoms with Crippen LogP contribution in [0.3, 0.4) is 0 Å². The summed E-state index contributed by atoms with van der Waals surface area (Å²) in [5.41, 5.74) is 5.13. The van der Waals surface area contributed by atoms with Crippen LogP contribution in [0.25, 0.3) is 0 Å². The van der Waals surface area contributed by atoms with Crippen LogP contribution in [0.2, 0.25) is 0 Å². The van der Waals surface area contributed by atoms with Gasteiger partial charge in [-0.1, -0.05) is 45.8 Å². The number of ether oxygens (including phenoxy) is 1. The lowest BCUT2D eigenvalue weighted by Crippen LogP contribution is -2.39. The number of nitrogens with one attached hydrogen (secondary N) is 1. The Kier molecular flexibility index (Phi) is 7.88. The molecule has 0 aliphatic carbocycles. The van der Waals surface area contributed by atoms with Crippen molar-refractivity contribution >= 4 is 43.3 Å². The highest BCUT2D eigenvalue weighted by Crippen LogP contribution is 2.26. The van der Waals surface area contributed by atoms with Gasteiger partial charge in [0.15, 0.2) is 0 Å². The van der Waals surface area contributed by atoms with Crippen molar-refractivity contribution < 1.29 is 17.9 Å². The molecule has 0 spiro atoms. The van der Waals surface area contributed by atoms with Gasteiger partial charge in [-0.05, 0) is 67.9 Å². The van der Waals surface area contributed by atoms with Gasteiger partial charge in [0.1, 0.15) is 12.3 Å². The highest BCUT2D eigenvalue weighted by Gasteiger charge is 2.27. The van der Waals surface area contributed by atoms with Crippen molar-refractivity contribution in [2.45, 2.75) is 18.7 Å². The van der Waals surface area contributed by atoms with Crippen LogP contribution < -0.4 is 14.5 Å². The molecule has 3 aromatic carbocycles. The fourth-order valence-electron chi connectivity index (χ4n) is 2.99. The molecule has 0 saturated heterocycles. The first kappa shape index (κ1) is 24.5. The van der Waals surface area contributed by atoms with Gasteiger partial charge in [0.25, 0.3) is 15.9 Å². The van der Waals surface area contributed by atoms with E-state index in [1.807, 2.05) is 31.2 Å². The summed E-state index contributed by atoms with van der Waals surface area (Å²) in [6.07, 6.45) is 0. The number of hydrogen-bond acceptors (Lipinski definition) is 5. The standard InChI is InChI=1S/C24H24BrN3O4S/c1-17-7-13-23(14-8-17)33(30,31)28(21-9-11-22(32-3)12-10-21)16-24(29)27-26-18(2)19-5-4-6-20(25)15-19/h4-15H,16H2,1-3H3,(H,27,29)/b26-18-. The van der Waals surface area contributed by atoms with Crippen molar-refractivity contribution in [2.24, 2.45) is 5.10 Å². The van der Waals surface area contributed by atoms with Gasteiger partial charge in [0.05, 0.1) is 23.4 Å². The fraction of sp³-hybridized carbons (Fsp3) is 0.167. The first-order valence-corrected chi connectivity index (χ1v) is 12.3. The maximum Gasteiger partial charge on any atom is 0.264 e. The lowest BCUT2D eigenvalue weighted by atomic mass is 10.1. The highest BCUT2D eigenvalue weighted by molar-refractivity contribution is 9.10. The molecule has 172 valence electrons. The molecule has 1 N–H and O–H groups in total. The van der Waals surface area contributed by atoms with Gasteiger partial charge in [-0.3, -0.25) is 9.10 Å². The van der Waals surface area contributed by atoms with Crippen LogP contribution in [0.15, 0.2) is 87.3 Å². The summed E-state index contributed by atoms with van der Waals surface area (Å²) in [6.45, 7) is 3.18. The number of sulfonamides is 1. The maximum absolute atomic E-state index is 13.4. The molecule has 3 aromatic rings. The molecule has 0 fully saturated rings. The molecule has 0 bridgehead atoms. The van der Waals surface area contributed by atoms with E-state index in [0.29, 0.717) is 17.1 Å². The Morgan fingerprint density at radius 2 is 1.73 bits per heavy atom. The van der Waals surface area contributed by atoms with Crippen LogP contribution in [0.4, 0.5) is 5.69 Å². The highest BCUT2D eigenvalue weighted by atomic mass is 79.9. The third kappa shape index (κ3) is 6.21. The molecule has 0 unspecified atom stereocenters. The number of nitrogens with zero attached hydrogens (tertiary/aromatic N) is 2. The van der Waals surface area contributed by atoms with Gasteiger partial charge in [-0.2, -0.15) is 5.10 Å². The number of anilines is 1. The Morgan fingerprint density at radius 1 is 1.06 bits per heavy atom. The second-order valence-corrected chi connectivity index (χ2v) is 10.0. The van der Waals surface area contributed by atoms with Gasteiger partial charge < -0.3 is 4.74 Å². The third-order valence-corrected chi connectivity index (χ3v) is 7.13. The smallest absolute Gasteiger partial charge is 0.264 e. The quantitative estimate of drug-likeness (QED) is 0.343. The Balaban J connectivity index is 1.88. The Labute approximate surface area is 202 Å². The zero-order valence-corrected chi connectivity index (χ0v) is 20.9. The minimum absolute atomic E-state index is 0.0885. The average Bonchev–Trinajstić information content (AvgIpc) is 2.81. The number of halogens is 1. The van der Waals surface area contributed by atoms with Gasteiger partial charge in [0.2, 0.25) is 0 Å². The number of methoxy groups -OCH3 is 1. The van der Waals surface area contributed by atoms with Crippen molar-refractivity contribution in [2.75, 3.05) is 18.0 Å². The molecule has 9 heteroatoms. The molecule has 0 aromatic heterocycles. The Morgan fingerprint density at radius 3 is 2.33 bits per heavy atom. The molecule has 0 radical (unpaired) electrons. The number of hydrogen-bond donors (Lipinski definition) is 1. The number of carbonyl (C=O) groups is 1. The number of carbonyl (C=O) groups excluding carboxylic acids is 1. The van der Waals surface area contributed by atoms with Crippen LogP contribution in [-0.4, -0.2) is 33.7 Å². The molecule has 7 nitrogen and oxygen atoms in total. The van der Waals surface area contributed by atoms with Crippen molar-refractivity contribution in [1.82, 2.24) is 5.43 Å². The summed E-state index contributed by atoms with van der Waals surface area (Å²) in [7, 11) is -2.48. The van der Waals surface area contributed by atoms with Crippen LogP contribution in [0, 0.1) is 6.92 Å². The zero-order valence-electron chi connectivity index (χ0n) is 18.4. The molecule has 0 heterocycles. The van der Waals surface area contributed by atoms with Gasteiger partial charge in [-0.25, -0.2) is 13.8 Å². The van der Waals surface area contributed by atoms with E-state index in [1.165, 1.54) is 19.2 Å². The number of hydrazone groups is 1. The van der Waals surface area contributed by atoms with Gasteiger partial charge in [-0.15, -0.1) is 0 Å². The predicted octanol–water partition coefficient (Wildman–Crippen LogP) is 4.50. The first-order chi connectivity index (χ1) is 15.7. The number of amides is 1. The summed E-state index contributed by atoms with van der Waals surface area (Å²) < 4.78 is 33.9. The first-order valence-electron chi connectivity index (χ1n) is 10.0. The van der Waals surface area contributed by atoms with Crippen molar-refractivity contribution in [3.05, 3.63) is 88.4 Å². The predicted molar refractivity (Wildman–Crippen MR) is 133 cm³/mol. The monoisotopic (exact) mass is 529 g/mol. The van der Waals surface area contributed by atoms with Crippen LogP contribution in [0.5, 0.6) is 5.75 Å². The number of benzene rings is 3. The minimum atomic E-state index is -4.00. The Bertz CT molecular complexity index is 1260. The number of aryl methyl sites for hydroxylation is 1. The molecule has 0 aliphatic heterocycles. The molecule has 3 rings (SSSR count). The van der Waals surface area contributed by atoms with Gasteiger partial charge >= 0.3 is 0 Å². The van der Waals surface area contributed by atoms with E-state index in [4.69, 9.17) is 4.74 Å². The minimum Gasteiger partial charge on any atom is -0.497 e. The average molecular weight is 530 g/mol. The van der Waals surface area contributed by atoms with E-state index in [-0.39, 0.29) is 4.90 Å². The van der Waals surface area contributed by atoms with Crippen molar-refractivity contribution in [1.29, 1.82) is 0 Å². The third-order valence-electron chi connectivity index (χ3n) is 4.85. The van der Waals surface area contributed by atoms with Crippen molar-refractivity contribution in [3.63, 3.8) is 0 Å². The molecule has 1 amide bonds. The van der Waals surface area contributed by atoms with E-state index in [9.17, 15) is 13.2 Å². The lowest BCUT2D eigenvalue weighted by molar-refractivity contribution is -0.119. The summed E-state index contributed by atoms with van der Waals surface area (Å²) in [6, 6.07) is 20.4. The molecule has 0 saturated carbocycles. The fourth-order valence-corrected chi connectivity index (χ4v) is 4.81. The van der Waals surface area contributed by atoms with E-state index in [1.54, 1.807) is 43.3 Å². The summed E-state index contributed by atoms with van der Waals surface area (Å²) in [5, 5.41) is 4.13. The summed E-state index contributed by atoms with van der Waals surface area (Å²) >= 11 is 3.40.